The van der Waals surface area contributed by atoms with Crippen molar-refractivity contribution in [1.29, 1.82) is 0 Å². The number of hydrogen-bond donors (Lipinski definition) is 1. The molecule has 2 aliphatic heterocycles. The molecule has 0 aliphatic carbocycles. The average Bonchev–Trinajstić information content (AvgIpc) is 2.80. The Morgan fingerprint density at radius 3 is 2.50 bits per heavy atom. The molecule has 2 saturated heterocycles. The van der Waals surface area contributed by atoms with Gasteiger partial charge in [-0.3, -0.25) is 14.6 Å². The first-order valence-corrected chi connectivity index (χ1v) is 12.1. The minimum Gasteiger partial charge on any atom is -0.355 e. The second-order valence-electron chi connectivity index (χ2n) is 8.78. The Morgan fingerprint density at radius 1 is 1.16 bits per heavy atom. The maximum atomic E-state index is 11.8. The van der Waals surface area contributed by atoms with Crippen molar-refractivity contribution in [2.75, 3.05) is 44.7 Å². The summed E-state index contributed by atoms with van der Waals surface area (Å²) >= 11 is 12.5. The van der Waals surface area contributed by atoms with Gasteiger partial charge in [0.05, 0.1) is 10.6 Å². The lowest BCUT2D eigenvalue weighted by molar-refractivity contribution is 0.0690. The highest BCUT2D eigenvalue weighted by Gasteiger charge is 2.32. The van der Waals surface area contributed by atoms with Gasteiger partial charge in [-0.1, -0.05) is 35.3 Å². The van der Waals surface area contributed by atoms with Gasteiger partial charge < -0.3 is 10.2 Å². The molecule has 2 fully saturated rings. The van der Waals surface area contributed by atoms with Crippen LogP contribution in [0.3, 0.4) is 0 Å². The zero-order valence-electron chi connectivity index (χ0n) is 18.7. The molecule has 0 unspecified atom stereocenters. The summed E-state index contributed by atoms with van der Waals surface area (Å²) in [4.78, 5) is 23.8. The van der Waals surface area contributed by atoms with E-state index in [4.69, 9.17) is 23.2 Å². The Morgan fingerprint density at radius 2 is 1.88 bits per heavy atom. The molecule has 2 aromatic rings. The van der Waals surface area contributed by atoms with E-state index < -0.39 is 0 Å². The van der Waals surface area contributed by atoms with Crippen LogP contribution in [0.2, 0.25) is 10.0 Å². The fraction of sp³-hybridized carbons (Fsp3) is 0.500. The van der Waals surface area contributed by atoms with Crippen LogP contribution in [-0.2, 0) is 6.54 Å². The molecule has 0 bridgehead atoms. The third-order valence-corrected chi connectivity index (χ3v) is 7.17. The predicted molar refractivity (Wildman–Crippen MR) is 133 cm³/mol. The van der Waals surface area contributed by atoms with Gasteiger partial charge in [0.15, 0.2) is 0 Å². The third kappa shape index (κ3) is 5.37. The number of pyridine rings is 1. The van der Waals surface area contributed by atoms with Crippen molar-refractivity contribution in [3.05, 3.63) is 57.7 Å². The molecule has 1 amide bonds. The average molecular weight is 478 g/mol. The molecule has 32 heavy (non-hydrogen) atoms. The zero-order chi connectivity index (χ0) is 22.7. The number of carbonyl (C=O) groups is 1. The number of piperazine rings is 1. The van der Waals surface area contributed by atoms with E-state index in [-0.39, 0.29) is 7.33 Å². The maximum Gasteiger partial charge on any atom is 0.252 e. The summed E-state index contributed by atoms with van der Waals surface area (Å²) < 4.78 is 0. The number of amides is 1. The first-order valence-electron chi connectivity index (χ1n) is 11.3. The van der Waals surface area contributed by atoms with Crippen LogP contribution in [0.5, 0.6) is 0 Å². The standard InChI is InChI=1S/C24H31Cl2N5O.H2/c1-17-15-30(23-22(26)13-19(14-28-23)24(32)27-2)11-12-31(17)21-7-9-29(10-8-21)16-18-3-5-20(25)6-4-18;/h3-6,13-14,17,21H,7-12,15-16H2,1-2H3,(H,27,32);1H/t17-;/m0./s1. The second-order valence-corrected chi connectivity index (χ2v) is 9.62. The van der Waals surface area contributed by atoms with Gasteiger partial charge in [0.1, 0.15) is 5.82 Å². The monoisotopic (exact) mass is 477 g/mol. The summed E-state index contributed by atoms with van der Waals surface area (Å²) in [5.41, 5.74) is 1.81. The summed E-state index contributed by atoms with van der Waals surface area (Å²) in [6.07, 6.45) is 3.99. The number of aromatic nitrogens is 1. The molecule has 0 saturated carbocycles. The molecule has 1 aromatic heterocycles. The molecular weight excluding hydrogens is 445 g/mol. The van der Waals surface area contributed by atoms with Crippen LogP contribution >= 0.6 is 23.2 Å². The maximum absolute atomic E-state index is 11.8. The fourth-order valence-electron chi connectivity index (χ4n) is 4.90. The third-order valence-electron chi connectivity index (χ3n) is 6.63. The Hall–Kier alpha value is -1.86. The number of carbonyl (C=O) groups excluding carboxylic acids is 1. The van der Waals surface area contributed by atoms with E-state index in [0.29, 0.717) is 22.7 Å². The summed E-state index contributed by atoms with van der Waals surface area (Å²) in [6.45, 7) is 8.29. The highest BCUT2D eigenvalue weighted by atomic mass is 35.5. The minimum absolute atomic E-state index is 0. The SMILES string of the molecule is CNC(=O)c1cnc(N2CCN(C3CCN(Cc4ccc(Cl)cc4)CC3)[C@@H](C)C2)c(Cl)c1.[HH]. The first kappa shape index (κ1) is 23.3. The predicted octanol–water partition coefficient (Wildman–Crippen LogP) is 4.17. The van der Waals surface area contributed by atoms with Crippen LogP contribution in [0.25, 0.3) is 0 Å². The van der Waals surface area contributed by atoms with Crippen molar-refractivity contribution >= 4 is 34.9 Å². The first-order chi connectivity index (χ1) is 15.4. The van der Waals surface area contributed by atoms with Crippen LogP contribution in [-0.4, -0.2) is 72.5 Å². The van der Waals surface area contributed by atoms with Crippen molar-refractivity contribution in [2.45, 2.75) is 38.4 Å². The second kappa shape index (κ2) is 10.4. The number of nitrogens with one attached hydrogen (secondary N) is 1. The Bertz CT molecular complexity index is 937. The van der Waals surface area contributed by atoms with Gasteiger partial charge in [-0.15, -0.1) is 0 Å². The quantitative estimate of drug-likeness (QED) is 0.699. The largest absolute Gasteiger partial charge is 0.355 e. The summed E-state index contributed by atoms with van der Waals surface area (Å²) in [6, 6.07) is 10.9. The van der Waals surface area contributed by atoms with E-state index in [1.165, 1.54) is 18.4 Å². The topological polar surface area (TPSA) is 51.7 Å². The zero-order valence-corrected chi connectivity index (χ0v) is 20.2. The van der Waals surface area contributed by atoms with Crippen molar-refractivity contribution in [3.63, 3.8) is 0 Å². The summed E-state index contributed by atoms with van der Waals surface area (Å²) in [5.74, 6) is 0.593. The molecule has 6 nitrogen and oxygen atoms in total. The van der Waals surface area contributed by atoms with Gasteiger partial charge in [-0.25, -0.2) is 4.98 Å². The molecule has 1 aromatic carbocycles. The van der Waals surface area contributed by atoms with Gasteiger partial charge in [0, 0.05) is 58.0 Å². The van der Waals surface area contributed by atoms with E-state index >= 15 is 0 Å². The number of rotatable bonds is 5. The molecule has 0 spiro atoms. The molecule has 0 radical (unpaired) electrons. The molecule has 8 heteroatoms. The van der Waals surface area contributed by atoms with Crippen LogP contribution in [0.4, 0.5) is 5.82 Å². The van der Waals surface area contributed by atoms with Crippen LogP contribution < -0.4 is 10.2 Å². The number of halogens is 2. The fourth-order valence-corrected chi connectivity index (χ4v) is 5.31. The highest BCUT2D eigenvalue weighted by Crippen LogP contribution is 2.29. The lowest BCUT2D eigenvalue weighted by Crippen LogP contribution is -2.57. The smallest absolute Gasteiger partial charge is 0.252 e. The van der Waals surface area contributed by atoms with Crippen LogP contribution in [0.15, 0.2) is 36.5 Å². The minimum atomic E-state index is -0.174. The van der Waals surface area contributed by atoms with E-state index in [2.05, 4.69) is 44.1 Å². The van der Waals surface area contributed by atoms with Crippen molar-refractivity contribution in [1.82, 2.24) is 20.1 Å². The van der Waals surface area contributed by atoms with E-state index in [9.17, 15) is 4.79 Å². The number of hydrogen-bond acceptors (Lipinski definition) is 5. The molecule has 1 N–H and O–H groups in total. The van der Waals surface area contributed by atoms with Crippen LogP contribution in [0, 0.1) is 0 Å². The number of anilines is 1. The molecule has 174 valence electrons. The van der Waals surface area contributed by atoms with E-state index in [0.717, 1.165) is 50.1 Å². The van der Waals surface area contributed by atoms with Crippen molar-refractivity contribution in [3.8, 4) is 0 Å². The Labute approximate surface area is 202 Å². The Kier molecular flexibility index (Phi) is 7.56. The molecule has 1 atom stereocenters. The van der Waals surface area contributed by atoms with Gasteiger partial charge >= 0.3 is 0 Å². The van der Waals surface area contributed by atoms with Gasteiger partial charge in [0.2, 0.25) is 0 Å². The number of nitrogens with zero attached hydrogens (tertiary/aromatic N) is 4. The molecule has 4 rings (SSSR count). The normalized spacial score (nSPS) is 21.0. The molecule has 3 heterocycles. The summed E-state index contributed by atoms with van der Waals surface area (Å²) in [5, 5.41) is 3.93. The van der Waals surface area contributed by atoms with Crippen LogP contribution in [0.1, 0.15) is 37.1 Å². The van der Waals surface area contributed by atoms with Gasteiger partial charge in [0.25, 0.3) is 5.91 Å². The molecular formula is C24H33Cl2N5O. The summed E-state index contributed by atoms with van der Waals surface area (Å²) in [7, 11) is 1.60. The lowest BCUT2D eigenvalue weighted by atomic mass is 9.99. The van der Waals surface area contributed by atoms with E-state index in [1.54, 1.807) is 19.3 Å². The number of piperidine rings is 1. The van der Waals surface area contributed by atoms with Gasteiger partial charge in [-0.2, -0.15) is 0 Å². The highest BCUT2D eigenvalue weighted by molar-refractivity contribution is 6.33. The lowest BCUT2D eigenvalue weighted by Gasteiger charge is -2.47. The van der Waals surface area contributed by atoms with Crippen molar-refractivity contribution in [2.24, 2.45) is 0 Å². The number of likely N-dealkylation sites (tertiary alicyclic amines) is 1. The van der Waals surface area contributed by atoms with Crippen molar-refractivity contribution < 1.29 is 6.22 Å². The van der Waals surface area contributed by atoms with Gasteiger partial charge in [-0.05, 0) is 56.6 Å². The Balaban J connectivity index is 0.00000306. The molecule has 2 aliphatic rings. The van der Waals surface area contributed by atoms with E-state index in [1.807, 2.05) is 12.1 Å². The number of benzene rings is 1.